The van der Waals surface area contributed by atoms with Crippen molar-refractivity contribution < 1.29 is 34.3 Å². The summed E-state index contributed by atoms with van der Waals surface area (Å²) in [5.41, 5.74) is 4.62. The third-order valence-corrected chi connectivity index (χ3v) is 12.1. The van der Waals surface area contributed by atoms with Gasteiger partial charge in [0, 0.05) is 0 Å². The van der Waals surface area contributed by atoms with E-state index in [2.05, 4.69) is 60.0 Å². The molecule has 0 bridgehead atoms. The van der Waals surface area contributed by atoms with Gasteiger partial charge in [-0.25, -0.2) is 0 Å². The van der Waals surface area contributed by atoms with E-state index in [0.717, 1.165) is 40.9 Å². The Morgan fingerprint density at radius 1 is 0.969 bits per heavy atom. The van der Waals surface area contributed by atoms with Gasteiger partial charge in [0.15, 0.2) is 0 Å². The Bertz CT molecular complexity index is 1100. The van der Waals surface area contributed by atoms with Crippen LogP contribution in [0.5, 0.6) is 11.5 Å². The number of methoxy groups -OCH3 is 2. The number of hydrogen-bond donors (Lipinski definition) is 2. The standard InChI is InChI=1S/C25H27N3O2S.Hg/c1-4-14-31-22-7-5-6-21(15-22)28-25(26)19-10-8-18(9-11-19)17-27-20-12-13-23(29-2)24(16-20)30-3;/h5,7-13,15-16,27H,4,14,17H2,1-3H3,(H-,26,28);/q-1;+1. The van der Waals surface area contributed by atoms with E-state index in [1.165, 1.54) is 25.6 Å². The molecule has 32 heavy (non-hydrogen) atoms. The van der Waals surface area contributed by atoms with Gasteiger partial charge in [-0.2, -0.15) is 0 Å². The number of amidine groups is 1. The van der Waals surface area contributed by atoms with E-state index in [9.17, 15) is 0 Å². The zero-order valence-electron chi connectivity index (χ0n) is 18.8. The molecule has 0 saturated carbocycles. The molecule has 5 nitrogen and oxygen atoms in total. The molecule has 1 aliphatic rings. The fourth-order valence-corrected chi connectivity index (χ4v) is 8.91. The molecule has 1 heterocycles. The first kappa shape index (κ1) is 23.0. The van der Waals surface area contributed by atoms with E-state index in [4.69, 9.17) is 12.2 Å². The molecule has 0 amide bonds. The summed E-state index contributed by atoms with van der Waals surface area (Å²) in [5, 5.41) is 7.03. The van der Waals surface area contributed by atoms with Gasteiger partial charge in [0.1, 0.15) is 0 Å². The zero-order valence-corrected chi connectivity index (χ0v) is 25.1. The summed E-state index contributed by atoms with van der Waals surface area (Å²) >= 11 is 0.452. The molecule has 2 N–H and O–H groups in total. The number of nitrogens with one attached hydrogen (secondary N) is 2. The van der Waals surface area contributed by atoms with Crippen LogP contribution in [-0.2, 0) is 31.4 Å². The van der Waals surface area contributed by atoms with Crippen LogP contribution in [0.1, 0.15) is 24.5 Å². The summed E-state index contributed by atoms with van der Waals surface area (Å²) in [6, 6.07) is 21.3. The van der Waals surface area contributed by atoms with Gasteiger partial charge in [-0.15, -0.1) is 0 Å². The Kier molecular flexibility index (Phi) is 7.97. The molecule has 162 valence electrons. The number of benzene rings is 3. The van der Waals surface area contributed by atoms with Crippen molar-refractivity contribution in [2.24, 2.45) is 2.76 Å². The Hall–Kier alpha value is -2.18. The van der Waals surface area contributed by atoms with Crippen molar-refractivity contribution in [3.05, 3.63) is 71.8 Å². The third-order valence-electron chi connectivity index (χ3n) is 5.32. The Labute approximate surface area is 206 Å². The molecule has 0 aromatic heterocycles. The molecule has 0 atom stereocenters. The number of anilines is 2. The maximum absolute atomic E-state index is 5.38. The summed E-state index contributed by atoms with van der Waals surface area (Å²) in [4.78, 5) is 1.34. The normalized spacial score (nSPS) is 11.9. The molecule has 4 rings (SSSR count). The fraction of sp³-hybridized carbons (Fsp3) is 0.240. The van der Waals surface area contributed by atoms with Gasteiger partial charge in [0.05, 0.1) is 14.2 Å². The van der Waals surface area contributed by atoms with Crippen molar-refractivity contribution >= 4 is 32.0 Å². The SMILES string of the molecule is CCCSc1cc[c]2c(c1)NC(c1ccc(CNc3ccc(OC)c(OC)c3)cc1)=[N][Hg]2. The zero-order chi connectivity index (χ0) is 22.3. The predicted molar refractivity (Wildman–Crippen MR) is 131 cm³/mol. The van der Waals surface area contributed by atoms with Crippen LogP contribution in [0.4, 0.5) is 11.4 Å². The molecule has 0 unspecified atom stereocenters. The van der Waals surface area contributed by atoms with Gasteiger partial charge in [-0.1, -0.05) is 0 Å². The predicted octanol–water partition coefficient (Wildman–Crippen LogP) is 5.31. The molecule has 3 aromatic carbocycles. The second-order valence-corrected chi connectivity index (χ2v) is 14.2. The summed E-state index contributed by atoms with van der Waals surface area (Å²) in [6.45, 7) is 2.95. The van der Waals surface area contributed by atoms with Crippen molar-refractivity contribution in [3.63, 3.8) is 0 Å². The Balaban J connectivity index is 1.39. The minimum absolute atomic E-state index is 0.720. The summed E-state index contributed by atoms with van der Waals surface area (Å²) in [6.07, 6.45) is 1.19. The van der Waals surface area contributed by atoms with E-state index < -0.39 is 24.9 Å². The maximum atomic E-state index is 5.38. The monoisotopic (exact) mass is 635 g/mol. The van der Waals surface area contributed by atoms with Crippen LogP contribution in [0, 0.1) is 0 Å². The number of hydrogen-bond acceptors (Lipinski definition) is 6. The molecule has 3 aromatic rings. The molecule has 0 fully saturated rings. The van der Waals surface area contributed by atoms with Crippen LogP contribution in [-0.4, -0.2) is 25.8 Å². The van der Waals surface area contributed by atoms with E-state index in [-0.39, 0.29) is 0 Å². The number of fused-ring (bicyclic) bond motifs is 1. The van der Waals surface area contributed by atoms with Crippen molar-refractivity contribution in [1.82, 2.24) is 0 Å². The van der Waals surface area contributed by atoms with Crippen molar-refractivity contribution in [1.29, 1.82) is 0 Å². The van der Waals surface area contributed by atoms with Crippen molar-refractivity contribution in [3.8, 4) is 11.5 Å². The number of thioether (sulfide) groups is 1. The quantitative estimate of drug-likeness (QED) is 0.247. The topological polar surface area (TPSA) is 54.9 Å². The Morgan fingerprint density at radius 2 is 1.78 bits per heavy atom. The van der Waals surface area contributed by atoms with Crippen LogP contribution in [0.2, 0.25) is 0 Å². The van der Waals surface area contributed by atoms with Crippen molar-refractivity contribution in [2.75, 3.05) is 30.6 Å². The molecule has 0 spiro atoms. The number of nitrogens with zero attached hydrogens (tertiary/aromatic N) is 1. The molecular weight excluding hydrogens is 607 g/mol. The van der Waals surface area contributed by atoms with Gasteiger partial charge in [0.25, 0.3) is 0 Å². The van der Waals surface area contributed by atoms with Crippen LogP contribution >= 0.6 is 11.8 Å². The van der Waals surface area contributed by atoms with Gasteiger partial charge < -0.3 is 4.74 Å². The Morgan fingerprint density at radius 3 is 2.53 bits per heavy atom. The molecule has 7 heteroatoms. The van der Waals surface area contributed by atoms with Gasteiger partial charge in [-0.05, 0) is 0 Å². The first-order valence-corrected chi connectivity index (χ1v) is 17.0. The number of ether oxygens (including phenoxy) is 2. The second-order valence-electron chi connectivity index (χ2n) is 7.58. The van der Waals surface area contributed by atoms with Gasteiger partial charge >= 0.3 is 189 Å². The molecule has 1 aliphatic heterocycles. The number of rotatable bonds is 9. The van der Waals surface area contributed by atoms with Crippen LogP contribution in [0.3, 0.4) is 0 Å². The van der Waals surface area contributed by atoms with Gasteiger partial charge in [0.2, 0.25) is 0 Å². The summed E-state index contributed by atoms with van der Waals surface area (Å²) < 4.78 is 17.1. The van der Waals surface area contributed by atoms with E-state index >= 15 is 0 Å². The molecule has 0 radical (unpaired) electrons. The molecular formula is C25H27HgN3O2S. The molecule has 0 aliphatic carbocycles. The van der Waals surface area contributed by atoms with Crippen LogP contribution < -0.4 is 23.2 Å². The van der Waals surface area contributed by atoms with Crippen LogP contribution in [0.25, 0.3) is 0 Å². The van der Waals surface area contributed by atoms with Crippen molar-refractivity contribution in [2.45, 2.75) is 24.8 Å². The van der Waals surface area contributed by atoms with E-state index in [0.29, 0.717) is 0 Å². The summed E-state index contributed by atoms with van der Waals surface area (Å²) in [5.74, 6) is 3.63. The average molecular weight is 634 g/mol. The first-order chi connectivity index (χ1) is 15.7. The third kappa shape index (κ3) is 5.59. The molecule has 0 saturated heterocycles. The van der Waals surface area contributed by atoms with Crippen LogP contribution in [0.15, 0.2) is 68.3 Å². The van der Waals surface area contributed by atoms with Gasteiger partial charge in [-0.3, -0.25) is 0 Å². The first-order valence-electron chi connectivity index (χ1n) is 10.8. The van der Waals surface area contributed by atoms with E-state index in [1.54, 1.807) is 14.2 Å². The van der Waals surface area contributed by atoms with E-state index in [1.807, 2.05) is 30.0 Å². The minimum atomic E-state index is -1.47. The average Bonchev–Trinajstić information content (AvgIpc) is 2.85. The summed E-state index contributed by atoms with van der Waals surface area (Å²) in [7, 11) is 3.29. The second kappa shape index (κ2) is 11.1. The fourth-order valence-electron chi connectivity index (χ4n) is 3.55.